The molecule has 6 nitrogen and oxygen atoms in total. The molecule has 2 aromatic carbocycles. The first-order valence-corrected chi connectivity index (χ1v) is 10.4. The zero-order chi connectivity index (χ0) is 21.2. The number of fused-ring (bicyclic) bond motifs is 1. The minimum atomic E-state index is -0.354. The summed E-state index contributed by atoms with van der Waals surface area (Å²) < 4.78 is 22.6. The van der Waals surface area contributed by atoms with Crippen LogP contribution in [0, 0.1) is 5.92 Å². The van der Waals surface area contributed by atoms with Crippen molar-refractivity contribution in [3.05, 3.63) is 77.6 Å². The van der Waals surface area contributed by atoms with Gasteiger partial charge in [-0.15, -0.1) is 0 Å². The molecule has 1 aliphatic heterocycles. The average Bonchev–Trinajstić information content (AvgIpc) is 3.54. The van der Waals surface area contributed by atoms with Crippen molar-refractivity contribution in [3.8, 4) is 23.0 Å². The van der Waals surface area contributed by atoms with E-state index in [1.54, 1.807) is 18.3 Å². The summed E-state index contributed by atoms with van der Waals surface area (Å²) >= 11 is 0. The largest absolute Gasteiger partial charge is 0.493 e. The van der Waals surface area contributed by atoms with Crippen LogP contribution in [0.3, 0.4) is 0 Å². The number of rotatable bonds is 7. The maximum Gasteiger partial charge on any atom is 0.337 e. The Kier molecular flexibility index (Phi) is 5.20. The summed E-state index contributed by atoms with van der Waals surface area (Å²) in [4.78, 5) is 16.3. The van der Waals surface area contributed by atoms with Crippen LogP contribution in [0.15, 0.2) is 60.8 Å². The van der Waals surface area contributed by atoms with Gasteiger partial charge in [-0.3, -0.25) is 4.98 Å². The van der Waals surface area contributed by atoms with Crippen LogP contribution in [-0.2, 0) is 11.2 Å². The molecule has 1 fully saturated rings. The van der Waals surface area contributed by atoms with Crippen LogP contribution in [0.1, 0.15) is 40.6 Å². The van der Waals surface area contributed by atoms with Crippen LogP contribution in [-0.4, -0.2) is 24.7 Å². The lowest BCUT2D eigenvalue weighted by atomic mass is 10.0. The van der Waals surface area contributed by atoms with Gasteiger partial charge >= 0.3 is 5.97 Å². The summed E-state index contributed by atoms with van der Waals surface area (Å²) in [5.74, 6) is 3.29. The SMILES string of the molecule is COC(=O)c1ccc2c(c1)CC(c1ccc(Oc3cccc(OCC4CC4)c3)cn1)O2. The molecule has 2 heterocycles. The van der Waals surface area contributed by atoms with Gasteiger partial charge in [0.1, 0.15) is 29.1 Å². The molecule has 6 heteroatoms. The third-order valence-corrected chi connectivity index (χ3v) is 5.47. The van der Waals surface area contributed by atoms with Gasteiger partial charge in [0.25, 0.3) is 0 Å². The fourth-order valence-electron chi connectivity index (χ4n) is 3.56. The zero-order valence-electron chi connectivity index (χ0n) is 17.2. The van der Waals surface area contributed by atoms with E-state index in [1.165, 1.54) is 20.0 Å². The van der Waals surface area contributed by atoms with Crippen LogP contribution in [0.25, 0.3) is 0 Å². The van der Waals surface area contributed by atoms with E-state index in [4.69, 9.17) is 18.9 Å². The molecule has 2 aliphatic rings. The Balaban J connectivity index is 1.23. The van der Waals surface area contributed by atoms with Gasteiger partial charge in [0.15, 0.2) is 0 Å². The van der Waals surface area contributed by atoms with Gasteiger partial charge in [-0.05, 0) is 66.8 Å². The van der Waals surface area contributed by atoms with Crippen LogP contribution in [0.5, 0.6) is 23.0 Å². The molecular weight excluding hydrogens is 394 g/mol. The molecule has 0 spiro atoms. The van der Waals surface area contributed by atoms with Crippen molar-refractivity contribution >= 4 is 5.97 Å². The van der Waals surface area contributed by atoms with Crippen molar-refractivity contribution in [1.82, 2.24) is 4.98 Å². The highest BCUT2D eigenvalue weighted by Gasteiger charge is 2.26. The minimum absolute atomic E-state index is 0.198. The molecule has 1 saturated carbocycles. The molecular formula is C25H23NO5. The normalized spacial score (nSPS) is 16.9. The molecule has 1 aromatic heterocycles. The number of pyridine rings is 1. The molecule has 1 unspecified atom stereocenters. The van der Waals surface area contributed by atoms with Crippen molar-refractivity contribution in [1.29, 1.82) is 0 Å². The first-order chi connectivity index (χ1) is 15.2. The van der Waals surface area contributed by atoms with Gasteiger partial charge < -0.3 is 18.9 Å². The van der Waals surface area contributed by atoms with Crippen LogP contribution < -0.4 is 14.2 Å². The molecule has 5 rings (SSSR count). The van der Waals surface area contributed by atoms with E-state index in [0.717, 1.165) is 29.4 Å². The highest BCUT2D eigenvalue weighted by atomic mass is 16.5. The number of hydrogen-bond acceptors (Lipinski definition) is 6. The van der Waals surface area contributed by atoms with E-state index in [1.807, 2.05) is 42.5 Å². The molecule has 0 amide bonds. The van der Waals surface area contributed by atoms with Crippen molar-refractivity contribution in [3.63, 3.8) is 0 Å². The highest BCUT2D eigenvalue weighted by Crippen LogP contribution is 2.37. The Morgan fingerprint density at radius 1 is 1.06 bits per heavy atom. The summed E-state index contributed by atoms with van der Waals surface area (Å²) in [6.45, 7) is 0.768. The quantitative estimate of drug-likeness (QED) is 0.497. The van der Waals surface area contributed by atoms with Gasteiger partial charge in [0.2, 0.25) is 0 Å². The lowest BCUT2D eigenvalue weighted by Gasteiger charge is -2.12. The van der Waals surface area contributed by atoms with E-state index in [2.05, 4.69) is 4.98 Å². The van der Waals surface area contributed by atoms with Gasteiger partial charge in [-0.25, -0.2) is 4.79 Å². The van der Waals surface area contributed by atoms with Gasteiger partial charge in [-0.2, -0.15) is 0 Å². The summed E-state index contributed by atoms with van der Waals surface area (Å²) in [6.07, 6.45) is 4.66. The Labute approximate surface area is 180 Å². The van der Waals surface area contributed by atoms with E-state index in [-0.39, 0.29) is 12.1 Å². The van der Waals surface area contributed by atoms with E-state index in [0.29, 0.717) is 29.4 Å². The third kappa shape index (κ3) is 4.48. The lowest BCUT2D eigenvalue weighted by Crippen LogP contribution is -2.05. The van der Waals surface area contributed by atoms with Gasteiger partial charge in [-0.1, -0.05) is 6.07 Å². The molecule has 0 bridgehead atoms. The molecule has 1 atom stereocenters. The lowest BCUT2D eigenvalue weighted by molar-refractivity contribution is 0.0600. The number of hydrogen-bond donors (Lipinski definition) is 0. The smallest absolute Gasteiger partial charge is 0.337 e. The first kappa shape index (κ1) is 19.4. The zero-order valence-corrected chi connectivity index (χ0v) is 17.2. The molecule has 0 saturated heterocycles. The molecule has 31 heavy (non-hydrogen) atoms. The van der Waals surface area contributed by atoms with E-state index in [9.17, 15) is 4.79 Å². The monoisotopic (exact) mass is 417 g/mol. The maximum absolute atomic E-state index is 11.7. The first-order valence-electron chi connectivity index (χ1n) is 10.4. The van der Waals surface area contributed by atoms with E-state index < -0.39 is 0 Å². The standard InChI is InChI=1S/C25H23NO5/c1-28-25(27)17-7-10-23-18(11-17)12-24(31-23)22-9-8-21(14-26-22)30-20-4-2-3-19(13-20)29-15-16-5-6-16/h2-4,7-11,13-14,16,24H,5-6,12,15H2,1H3. The average molecular weight is 417 g/mol. The van der Waals surface area contributed by atoms with E-state index >= 15 is 0 Å². The number of esters is 1. The number of ether oxygens (including phenoxy) is 4. The number of carbonyl (C=O) groups is 1. The van der Waals surface area contributed by atoms with Crippen molar-refractivity contribution in [2.75, 3.05) is 13.7 Å². The topological polar surface area (TPSA) is 66.9 Å². The predicted octanol–water partition coefficient (Wildman–Crippen LogP) is 5.13. The number of methoxy groups -OCH3 is 1. The fourth-order valence-corrected chi connectivity index (χ4v) is 3.56. The second kappa shape index (κ2) is 8.30. The Morgan fingerprint density at radius 3 is 2.71 bits per heavy atom. The van der Waals surface area contributed by atoms with Crippen LogP contribution in [0.4, 0.5) is 0 Å². The second-order valence-corrected chi connectivity index (χ2v) is 7.87. The molecule has 3 aromatic rings. The van der Waals surface area contributed by atoms with Crippen LogP contribution in [0.2, 0.25) is 0 Å². The summed E-state index contributed by atoms with van der Waals surface area (Å²) in [5, 5.41) is 0. The molecule has 0 radical (unpaired) electrons. The Hall–Kier alpha value is -3.54. The number of benzene rings is 2. The summed E-state index contributed by atoms with van der Waals surface area (Å²) in [5.41, 5.74) is 2.30. The molecule has 0 N–H and O–H groups in total. The van der Waals surface area contributed by atoms with Crippen molar-refractivity contribution in [2.24, 2.45) is 5.92 Å². The molecule has 1 aliphatic carbocycles. The fraction of sp³-hybridized carbons (Fsp3) is 0.280. The maximum atomic E-state index is 11.7. The second-order valence-electron chi connectivity index (χ2n) is 7.87. The van der Waals surface area contributed by atoms with Crippen LogP contribution >= 0.6 is 0 Å². The molecule has 158 valence electrons. The van der Waals surface area contributed by atoms with Gasteiger partial charge in [0.05, 0.1) is 31.2 Å². The minimum Gasteiger partial charge on any atom is -0.493 e. The number of nitrogens with zero attached hydrogens (tertiary/aromatic N) is 1. The number of aromatic nitrogens is 1. The van der Waals surface area contributed by atoms with Gasteiger partial charge in [0, 0.05) is 12.5 Å². The Bertz CT molecular complexity index is 1090. The van der Waals surface area contributed by atoms with Crippen molar-refractivity contribution in [2.45, 2.75) is 25.4 Å². The summed E-state index contributed by atoms with van der Waals surface area (Å²) in [6, 6.07) is 16.8. The third-order valence-electron chi connectivity index (χ3n) is 5.47. The summed E-state index contributed by atoms with van der Waals surface area (Å²) in [7, 11) is 1.37. The predicted molar refractivity (Wildman–Crippen MR) is 114 cm³/mol. The highest BCUT2D eigenvalue weighted by molar-refractivity contribution is 5.89. The van der Waals surface area contributed by atoms with Crippen molar-refractivity contribution < 1.29 is 23.7 Å². The Morgan fingerprint density at radius 2 is 1.94 bits per heavy atom. The number of carbonyl (C=O) groups excluding carboxylic acids is 1.